The molecule has 0 aliphatic carbocycles. The molecule has 0 saturated carbocycles. The lowest BCUT2D eigenvalue weighted by molar-refractivity contribution is 0.0780. The number of nitrogens with zero attached hydrogens (tertiary/aromatic N) is 4. The van der Waals surface area contributed by atoms with Gasteiger partial charge in [-0.1, -0.05) is 13.3 Å². The number of anilines is 1. The van der Waals surface area contributed by atoms with Crippen LogP contribution in [0.3, 0.4) is 0 Å². The van der Waals surface area contributed by atoms with E-state index in [-0.39, 0.29) is 5.91 Å². The highest BCUT2D eigenvalue weighted by molar-refractivity contribution is 5.94. The van der Waals surface area contributed by atoms with E-state index in [1.54, 1.807) is 24.2 Å². The topological polar surface area (TPSA) is 77.0 Å². The SMILES string of the molecule is CCCc1cc(C(=O)N(C)Cc2nccn2C)cc(N)n1. The number of pyridine rings is 1. The van der Waals surface area contributed by atoms with Crippen molar-refractivity contribution in [2.24, 2.45) is 7.05 Å². The second-order valence-corrected chi connectivity index (χ2v) is 5.14. The van der Waals surface area contributed by atoms with Gasteiger partial charge in [0.05, 0.1) is 6.54 Å². The van der Waals surface area contributed by atoms with Crippen LogP contribution >= 0.6 is 0 Å². The van der Waals surface area contributed by atoms with E-state index in [1.165, 1.54) is 0 Å². The maximum atomic E-state index is 12.5. The summed E-state index contributed by atoms with van der Waals surface area (Å²) in [5, 5.41) is 0. The van der Waals surface area contributed by atoms with E-state index in [0.29, 0.717) is 17.9 Å². The normalized spacial score (nSPS) is 10.6. The minimum Gasteiger partial charge on any atom is -0.384 e. The Hall–Kier alpha value is -2.37. The van der Waals surface area contributed by atoms with Crippen LogP contribution in [0, 0.1) is 0 Å². The first-order chi connectivity index (χ1) is 10.0. The van der Waals surface area contributed by atoms with Crippen LogP contribution in [0.1, 0.15) is 35.2 Å². The summed E-state index contributed by atoms with van der Waals surface area (Å²) in [6.07, 6.45) is 5.36. The zero-order valence-electron chi connectivity index (χ0n) is 12.7. The van der Waals surface area contributed by atoms with Gasteiger partial charge in [-0.3, -0.25) is 4.79 Å². The maximum Gasteiger partial charge on any atom is 0.254 e. The Morgan fingerprint density at radius 3 is 2.81 bits per heavy atom. The van der Waals surface area contributed by atoms with Gasteiger partial charge in [0.1, 0.15) is 11.6 Å². The van der Waals surface area contributed by atoms with Crippen molar-refractivity contribution in [2.45, 2.75) is 26.3 Å². The Kier molecular flexibility index (Phi) is 4.57. The van der Waals surface area contributed by atoms with Gasteiger partial charge < -0.3 is 15.2 Å². The maximum absolute atomic E-state index is 12.5. The molecule has 0 aliphatic heterocycles. The molecule has 0 aliphatic rings. The molecule has 0 unspecified atom stereocenters. The third-order valence-electron chi connectivity index (χ3n) is 3.30. The molecule has 2 heterocycles. The molecular weight excluding hydrogens is 266 g/mol. The molecule has 6 nitrogen and oxygen atoms in total. The quantitative estimate of drug-likeness (QED) is 0.906. The lowest BCUT2D eigenvalue weighted by Crippen LogP contribution is -2.27. The van der Waals surface area contributed by atoms with E-state index in [9.17, 15) is 4.79 Å². The summed E-state index contributed by atoms with van der Waals surface area (Å²) in [7, 11) is 3.66. The summed E-state index contributed by atoms with van der Waals surface area (Å²) in [6.45, 7) is 2.52. The van der Waals surface area contributed by atoms with Gasteiger partial charge in [-0.2, -0.15) is 0 Å². The lowest BCUT2D eigenvalue weighted by atomic mass is 10.1. The van der Waals surface area contributed by atoms with Crippen LogP contribution in [-0.4, -0.2) is 32.4 Å². The summed E-state index contributed by atoms with van der Waals surface area (Å²) in [6, 6.07) is 3.44. The van der Waals surface area contributed by atoms with E-state index < -0.39 is 0 Å². The van der Waals surface area contributed by atoms with Crippen LogP contribution in [0.15, 0.2) is 24.5 Å². The predicted octanol–water partition coefficient (Wildman–Crippen LogP) is 1.62. The molecule has 0 radical (unpaired) electrons. The third kappa shape index (κ3) is 3.59. The molecule has 0 fully saturated rings. The van der Waals surface area contributed by atoms with Gasteiger partial charge in [0.25, 0.3) is 5.91 Å². The number of aryl methyl sites for hydroxylation is 2. The molecule has 2 aromatic rings. The first-order valence-electron chi connectivity index (χ1n) is 6.99. The summed E-state index contributed by atoms with van der Waals surface area (Å²) < 4.78 is 1.90. The van der Waals surface area contributed by atoms with Crippen molar-refractivity contribution in [3.05, 3.63) is 41.6 Å². The summed E-state index contributed by atoms with van der Waals surface area (Å²) in [5.41, 5.74) is 7.21. The van der Waals surface area contributed by atoms with Crippen molar-refractivity contribution in [3.8, 4) is 0 Å². The second kappa shape index (κ2) is 6.39. The molecule has 2 aromatic heterocycles. The Balaban J connectivity index is 2.17. The molecule has 0 saturated heterocycles. The fourth-order valence-corrected chi connectivity index (χ4v) is 2.17. The van der Waals surface area contributed by atoms with Crippen LogP contribution < -0.4 is 5.73 Å². The summed E-state index contributed by atoms with van der Waals surface area (Å²) >= 11 is 0. The van der Waals surface area contributed by atoms with Crippen molar-refractivity contribution in [1.82, 2.24) is 19.4 Å². The fraction of sp³-hybridized carbons (Fsp3) is 0.400. The van der Waals surface area contributed by atoms with E-state index in [1.807, 2.05) is 23.9 Å². The van der Waals surface area contributed by atoms with Gasteiger partial charge in [0, 0.05) is 37.7 Å². The lowest BCUT2D eigenvalue weighted by Gasteiger charge is -2.17. The van der Waals surface area contributed by atoms with E-state index in [0.717, 1.165) is 24.4 Å². The smallest absolute Gasteiger partial charge is 0.254 e. The Bertz CT molecular complexity index is 635. The van der Waals surface area contributed by atoms with Crippen LogP contribution in [0.5, 0.6) is 0 Å². The van der Waals surface area contributed by atoms with E-state index in [2.05, 4.69) is 16.9 Å². The Morgan fingerprint density at radius 2 is 2.19 bits per heavy atom. The zero-order chi connectivity index (χ0) is 15.4. The molecule has 1 amide bonds. The molecule has 112 valence electrons. The number of aromatic nitrogens is 3. The molecule has 0 atom stereocenters. The summed E-state index contributed by atoms with van der Waals surface area (Å²) in [5.74, 6) is 1.14. The van der Waals surface area contributed by atoms with Gasteiger partial charge in [-0.15, -0.1) is 0 Å². The number of rotatable bonds is 5. The monoisotopic (exact) mass is 287 g/mol. The molecule has 2 N–H and O–H groups in total. The zero-order valence-corrected chi connectivity index (χ0v) is 12.7. The van der Waals surface area contributed by atoms with Crippen molar-refractivity contribution in [1.29, 1.82) is 0 Å². The third-order valence-corrected chi connectivity index (χ3v) is 3.30. The van der Waals surface area contributed by atoms with Gasteiger partial charge in [-0.05, 0) is 18.6 Å². The van der Waals surface area contributed by atoms with Crippen molar-refractivity contribution >= 4 is 11.7 Å². The molecule has 0 aromatic carbocycles. The van der Waals surface area contributed by atoms with Crippen molar-refractivity contribution in [2.75, 3.05) is 12.8 Å². The Morgan fingerprint density at radius 1 is 1.43 bits per heavy atom. The van der Waals surface area contributed by atoms with Gasteiger partial charge >= 0.3 is 0 Å². The van der Waals surface area contributed by atoms with E-state index >= 15 is 0 Å². The van der Waals surface area contributed by atoms with E-state index in [4.69, 9.17) is 5.73 Å². The molecule has 0 bridgehead atoms. The second-order valence-electron chi connectivity index (χ2n) is 5.14. The predicted molar refractivity (Wildman–Crippen MR) is 81.6 cm³/mol. The molecule has 6 heteroatoms. The average Bonchev–Trinajstić information content (AvgIpc) is 2.83. The number of hydrogen-bond acceptors (Lipinski definition) is 4. The van der Waals surface area contributed by atoms with Gasteiger partial charge in [0.15, 0.2) is 0 Å². The largest absolute Gasteiger partial charge is 0.384 e. The first-order valence-corrected chi connectivity index (χ1v) is 6.99. The highest BCUT2D eigenvalue weighted by atomic mass is 16.2. The van der Waals surface area contributed by atoms with Crippen molar-refractivity contribution < 1.29 is 4.79 Å². The van der Waals surface area contributed by atoms with Crippen LogP contribution in [0.25, 0.3) is 0 Å². The van der Waals surface area contributed by atoms with Gasteiger partial charge in [0.2, 0.25) is 0 Å². The number of carbonyl (C=O) groups is 1. The molecule has 2 rings (SSSR count). The van der Waals surface area contributed by atoms with Crippen LogP contribution in [0.4, 0.5) is 5.82 Å². The number of nitrogen functional groups attached to an aromatic ring is 1. The fourth-order valence-electron chi connectivity index (χ4n) is 2.17. The number of imidazole rings is 1. The van der Waals surface area contributed by atoms with Gasteiger partial charge in [-0.25, -0.2) is 9.97 Å². The van der Waals surface area contributed by atoms with Crippen LogP contribution in [0.2, 0.25) is 0 Å². The highest BCUT2D eigenvalue weighted by Gasteiger charge is 2.15. The highest BCUT2D eigenvalue weighted by Crippen LogP contribution is 2.13. The molecular formula is C15H21N5O. The minimum atomic E-state index is -0.0792. The van der Waals surface area contributed by atoms with Crippen LogP contribution in [-0.2, 0) is 20.0 Å². The number of amides is 1. The molecule has 21 heavy (non-hydrogen) atoms. The Labute approximate surface area is 124 Å². The number of carbonyl (C=O) groups excluding carboxylic acids is 1. The number of nitrogens with two attached hydrogens (primary N) is 1. The first kappa shape index (κ1) is 15.0. The standard InChI is InChI=1S/C15H21N5O/c1-4-5-12-8-11(9-13(16)18-12)15(21)20(3)10-14-17-6-7-19(14)2/h6-9H,4-5,10H2,1-3H3,(H2,16,18). The average molecular weight is 287 g/mol. The summed E-state index contributed by atoms with van der Waals surface area (Å²) in [4.78, 5) is 22.6. The van der Waals surface area contributed by atoms with Crippen molar-refractivity contribution in [3.63, 3.8) is 0 Å². The molecule has 0 spiro atoms. The number of hydrogen-bond donors (Lipinski definition) is 1. The minimum absolute atomic E-state index is 0.0792.